The zero-order valence-corrected chi connectivity index (χ0v) is 17.0. The van der Waals surface area contributed by atoms with Crippen LogP contribution in [-0.4, -0.2) is 18.8 Å². The molecule has 0 N–H and O–H groups in total. The number of benzene rings is 1. The molecule has 0 aliphatic rings. The van der Waals surface area contributed by atoms with Crippen molar-refractivity contribution in [3.63, 3.8) is 0 Å². The van der Waals surface area contributed by atoms with Gasteiger partial charge in [0.1, 0.15) is 32.0 Å². The van der Waals surface area contributed by atoms with Crippen LogP contribution < -0.4 is 11.1 Å². The highest BCUT2D eigenvalue weighted by atomic mass is 32.1. The van der Waals surface area contributed by atoms with Gasteiger partial charge in [0, 0.05) is 33.7 Å². The first-order valence-electron chi connectivity index (χ1n) is 9.68. The van der Waals surface area contributed by atoms with Gasteiger partial charge in [0.05, 0.1) is 0 Å². The van der Waals surface area contributed by atoms with Crippen LogP contribution in [0.5, 0.6) is 0 Å². The van der Waals surface area contributed by atoms with Crippen molar-refractivity contribution >= 4 is 76.0 Å². The number of rotatable bonds is 0. The molecule has 31 heavy (non-hydrogen) atoms. The Kier molecular flexibility index (Phi) is 2.38. The maximum atomic E-state index is 13.5. The van der Waals surface area contributed by atoms with Crippen LogP contribution in [0.4, 0.5) is 0 Å². The molecular formula is C22H10N4O4S. The van der Waals surface area contributed by atoms with Crippen LogP contribution in [0.1, 0.15) is 11.5 Å². The molecule has 0 spiro atoms. The van der Waals surface area contributed by atoms with Crippen molar-refractivity contribution in [1.29, 1.82) is 0 Å². The monoisotopic (exact) mass is 426 g/mol. The zero-order chi connectivity index (χ0) is 20.8. The third-order valence-electron chi connectivity index (χ3n) is 6.09. The Balaban J connectivity index is 1.71. The molecule has 0 unspecified atom stereocenters. The van der Waals surface area contributed by atoms with Crippen molar-refractivity contribution in [1.82, 2.24) is 18.8 Å². The van der Waals surface area contributed by atoms with E-state index in [1.54, 1.807) is 8.80 Å². The Morgan fingerprint density at radius 2 is 1.23 bits per heavy atom. The number of aromatic nitrogens is 4. The summed E-state index contributed by atoms with van der Waals surface area (Å²) in [4.78, 5) is 36.2. The largest absolute Gasteiger partial charge is 0.442 e. The molecule has 0 aliphatic heterocycles. The lowest BCUT2D eigenvalue weighted by Gasteiger charge is -2.05. The number of nitrogens with zero attached hydrogens (tertiary/aromatic N) is 4. The molecule has 0 bridgehead atoms. The minimum atomic E-state index is -0.194. The van der Waals surface area contributed by atoms with Crippen LogP contribution in [-0.2, 0) is 0 Å². The average molecular weight is 426 g/mol. The summed E-state index contributed by atoms with van der Waals surface area (Å²) in [6, 6.07) is 7.50. The number of aryl methyl sites for hydroxylation is 2. The van der Waals surface area contributed by atoms with Gasteiger partial charge in [-0.25, -0.2) is 0 Å². The minimum absolute atomic E-state index is 0.194. The van der Waals surface area contributed by atoms with Gasteiger partial charge in [-0.1, -0.05) is 0 Å². The molecule has 0 saturated heterocycles. The van der Waals surface area contributed by atoms with Gasteiger partial charge in [0.15, 0.2) is 11.3 Å². The van der Waals surface area contributed by atoms with Crippen molar-refractivity contribution in [2.45, 2.75) is 13.8 Å². The summed E-state index contributed by atoms with van der Waals surface area (Å²) in [5.74, 6) is 1.38. The number of thiophene rings is 1. The van der Waals surface area contributed by atoms with E-state index in [0.29, 0.717) is 54.7 Å². The van der Waals surface area contributed by atoms with Gasteiger partial charge in [0.2, 0.25) is 11.4 Å². The van der Waals surface area contributed by atoms with Crippen molar-refractivity contribution in [3.05, 3.63) is 56.5 Å². The van der Waals surface area contributed by atoms with Crippen LogP contribution >= 0.6 is 11.3 Å². The fourth-order valence-corrected chi connectivity index (χ4v) is 6.10. The van der Waals surface area contributed by atoms with E-state index in [2.05, 4.69) is 9.97 Å². The van der Waals surface area contributed by atoms with E-state index in [0.717, 1.165) is 21.5 Å². The quantitative estimate of drug-likeness (QED) is 0.337. The second kappa shape index (κ2) is 4.68. The molecule has 0 radical (unpaired) electrons. The van der Waals surface area contributed by atoms with Crippen LogP contribution in [0.25, 0.3) is 64.7 Å². The highest BCUT2D eigenvalue weighted by Crippen LogP contribution is 2.41. The highest BCUT2D eigenvalue weighted by Gasteiger charge is 2.26. The first-order chi connectivity index (χ1) is 15.0. The van der Waals surface area contributed by atoms with Gasteiger partial charge in [-0.05, 0) is 26.0 Å². The van der Waals surface area contributed by atoms with E-state index in [9.17, 15) is 9.59 Å². The van der Waals surface area contributed by atoms with Crippen molar-refractivity contribution < 1.29 is 8.83 Å². The lowest BCUT2D eigenvalue weighted by atomic mass is 10.0. The van der Waals surface area contributed by atoms with E-state index in [1.807, 2.05) is 38.1 Å². The van der Waals surface area contributed by atoms with Crippen molar-refractivity contribution in [2.24, 2.45) is 0 Å². The summed E-state index contributed by atoms with van der Waals surface area (Å²) in [5.41, 5.74) is 2.83. The molecule has 0 aliphatic carbocycles. The molecule has 0 saturated carbocycles. The van der Waals surface area contributed by atoms with Gasteiger partial charge in [-0.3, -0.25) is 18.4 Å². The molecule has 8 nitrogen and oxygen atoms in total. The zero-order valence-electron chi connectivity index (χ0n) is 16.1. The summed E-state index contributed by atoms with van der Waals surface area (Å²) in [7, 11) is 0. The summed E-state index contributed by atoms with van der Waals surface area (Å²) >= 11 is 1.23. The van der Waals surface area contributed by atoms with Gasteiger partial charge in [0.25, 0.3) is 11.1 Å². The standard InChI is InChI=1S/C22H10N4O4S/c1-7-5-11-19(29-7)23-17-9-3-4-10-14-13(9)15(21(27)25(11)17)31-16(14)22(28)26-12-6-8(2)30-20(12)24-18(10)26/h3-6H,1-2H3. The molecule has 1 aromatic carbocycles. The molecule has 9 heteroatoms. The van der Waals surface area contributed by atoms with Crippen molar-refractivity contribution in [2.75, 3.05) is 0 Å². The molecular weight excluding hydrogens is 416 g/mol. The Morgan fingerprint density at radius 1 is 0.774 bits per heavy atom. The molecule has 0 amide bonds. The molecule has 7 heterocycles. The fraction of sp³-hybridized carbons (Fsp3) is 0.0909. The van der Waals surface area contributed by atoms with Gasteiger partial charge >= 0.3 is 0 Å². The Bertz CT molecular complexity index is 2020. The minimum Gasteiger partial charge on any atom is -0.442 e. The summed E-state index contributed by atoms with van der Waals surface area (Å²) in [6.07, 6.45) is 0. The van der Waals surface area contributed by atoms with Crippen LogP contribution in [0.2, 0.25) is 0 Å². The molecule has 7 aromatic heterocycles. The second-order valence-corrected chi connectivity index (χ2v) is 8.94. The molecule has 0 atom stereocenters. The lowest BCUT2D eigenvalue weighted by molar-refractivity contribution is 0.569. The first kappa shape index (κ1) is 15.8. The SMILES string of the molecule is Cc1cc2c(nc3c4ccc5c6c(sc(c(=O)n23)c46)c(=O)n2c3cc(C)oc3nc52)o1. The predicted molar refractivity (Wildman–Crippen MR) is 118 cm³/mol. The first-order valence-corrected chi connectivity index (χ1v) is 10.5. The van der Waals surface area contributed by atoms with E-state index < -0.39 is 0 Å². The summed E-state index contributed by atoms with van der Waals surface area (Å²) < 4.78 is 15.6. The number of furan rings is 2. The van der Waals surface area contributed by atoms with E-state index in [4.69, 9.17) is 8.83 Å². The van der Waals surface area contributed by atoms with Crippen molar-refractivity contribution in [3.8, 4) is 0 Å². The van der Waals surface area contributed by atoms with Crippen LogP contribution in [0, 0.1) is 13.8 Å². The summed E-state index contributed by atoms with van der Waals surface area (Å²) in [6.45, 7) is 3.65. The number of pyridine rings is 2. The lowest BCUT2D eigenvalue weighted by Crippen LogP contribution is -2.12. The second-order valence-electron chi connectivity index (χ2n) is 7.92. The third-order valence-corrected chi connectivity index (χ3v) is 7.26. The van der Waals surface area contributed by atoms with Gasteiger partial charge < -0.3 is 8.83 Å². The Morgan fingerprint density at radius 3 is 1.68 bits per heavy atom. The maximum Gasteiger partial charge on any atom is 0.274 e. The smallest absolute Gasteiger partial charge is 0.274 e. The maximum absolute atomic E-state index is 13.5. The van der Waals surface area contributed by atoms with Crippen LogP contribution in [0.3, 0.4) is 0 Å². The fourth-order valence-electron chi connectivity index (χ4n) is 4.91. The summed E-state index contributed by atoms with van der Waals surface area (Å²) in [5, 5.41) is 3.14. The molecule has 8 rings (SSSR count). The van der Waals surface area contributed by atoms with Crippen LogP contribution in [0.15, 0.2) is 42.7 Å². The highest BCUT2D eigenvalue weighted by molar-refractivity contribution is 7.26. The normalized spacial score (nSPS) is 13.1. The average Bonchev–Trinajstić information content (AvgIpc) is 3.49. The van der Waals surface area contributed by atoms with E-state index in [-0.39, 0.29) is 11.1 Å². The molecule has 8 aromatic rings. The Hall–Kier alpha value is -3.98. The van der Waals surface area contributed by atoms with E-state index >= 15 is 0 Å². The molecule has 0 fully saturated rings. The number of hydrogen-bond acceptors (Lipinski definition) is 7. The third kappa shape index (κ3) is 1.59. The topological polar surface area (TPSA) is 95.0 Å². The number of imidazole rings is 2. The number of hydrogen-bond donors (Lipinski definition) is 0. The van der Waals surface area contributed by atoms with Gasteiger partial charge in [-0.2, -0.15) is 9.97 Å². The molecule has 148 valence electrons. The van der Waals surface area contributed by atoms with Gasteiger partial charge in [-0.15, -0.1) is 11.3 Å². The van der Waals surface area contributed by atoms with E-state index in [1.165, 1.54) is 11.3 Å². The predicted octanol–water partition coefficient (Wildman–Crippen LogP) is 4.21. The number of fused-ring (bicyclic) bond motifs is 8. The Labute approximate surface area is 174 Å².